The lowest BCUT2D eigenvalue weighted by Gasteiger charge is -2.41. The van der Waals surface area contributed by atoms with Crippen molar-refractivity contribution in [3.05, 3.63) is 11.8 Å². The van der Waals surface area contributed by atoms with Gasteiger partial charge in [-0.3, -0.25) is 23.7 Å². The highest BCUT2D eigenvalue weighted by atomic mass is 32.1. The number of aromatic nitrogens is 2. The van der Waals surface area contributed by atoms with Crippen LogP contribution in [0.5, 0.6) is 5.88 Å². The first kappa shape index (κ1) is 76.3. The lowest BCUT2D eigenvalue weighted by molar-refractivity contribution is -0.944. The number of carbonyl (C=O) groups is 5. The molecule has 1 aromatic rings. The molecule has 15 nitrogen and oxygen atoms in total. The van der Waals surface area contributed by atoms with E-state index in [0.29, 0.717) is 49.4 Å². The Morgan fingerprint density at radius 1 is 0.476 bits per heavy atom. The third-order valence-electron chi connectivity index (χ3n) is 16.4. The Balaban J connectivity index is 1.59. The fourth-order valence-electron chi connectivity index (χ4n) is 10.7. The van der Waals surface area contributed by atoms with Gasteiger partial charge in [0.1, 0.15) is 25.5 Å². The zero-order valence-electron chi connectivity index (χ0n) is 54.3. The molecule has 2 rings (SSSR count). The number of rotatable bonds is 57. The molecule has 0 aromatic carbocycles. The molecule has 2 unspecified atom stereocenters. The zero-order valence-corrected chi connectivity index (χ0v) is 55.1. The van der Waals surface area contributed by atoms with Crippen LogP contribution in [0.2, 0.25) is 0 Å². The highest BCUT2D eigenvalue weighted by Gasteiger charge is 2.37. The van der Waals surface area contributed by atoms with Crippen molar-refractivity contribution in [1.29, 1.82) is 0 Å². The molecule has 0 bridgehead atoms. The molecule has 0 saturated heterocycles. The van der Waals surface area contributed by atoms with Gasteiger partial charge in [0.15, 0.2) is 6.10 Å². The van der Waals surface area contributed by atoms with Gasteiger partial charge >= 0.3 is 30.0 Å². The summed E-state index contributed by atoms with van der Waals surface area (Å²) < 4.78 is 49.0. The molecule has 486 valence electrons. The van der Waals surface area contributed by atoms with Gasteiger partial charge in [0.25, 0.3) is 5.88 Å². The van der Waals surface area contributed by atoms with Crippen molar-refractivity contribution in [2.24, 2.45) is 5.92 Å². The van der Waals surface area contributed by atoms with Crippen LogP contribution in [0.25, 0.3) is 5.57 Å². The summed E-state index contributed by atoms with van der Waals surface area (Å²) in [4.78, 5) is 63.7. The molecule has 16 heteroatoms. The normalized spacial score (nSPS) is 14.9. The van der Waals surface area contributed by atoms with E-state index in [0.717, 1.165) is 132 Å². The molecular formula is C68H122N3O12S+. The minimum Gasteiger partial charge on any atom is -0.475 e. The molecule has 0 radical (unpaired) electrons. The summed E-state index contributed by atoms with van der Waals surface area (Å²) >= 11 is 1.15. The Kier molecular flexibility index (Phi) is 47.6. The number of nitrogens with zero attached hydrogens (tertiary/aromatic N) is 3. The third kappa shape index (κ3) is 41.3. The van der Waals surface area contributed by atoms with Gasteiger partial charge in [-0.2, -0.15) is 4.37 Å². The van der Waals surface area contributed by atoms with E-state index in [2.05, 4.69) is 42.6 Å². The summed E-state index contributed by atoms with van der Waals surface area (Å²) in [5.41, 5.74) is 1.80. The Labute approximate surface area is 515 Å². The summed E-state index contributed by atoms with van der Waals surface area (Å²) in [6, 6.07) is 0. The SMILES string of the molecule is CCCCCCCCCCCCCCCC(=O)OCC(COC(=O)CCCCCCCCCCCCCCC)OC(=O)CCCCCCCCCCOC(=O)CC(C)COC(=O)O[C@H](C)[N+]1(C)CCC=C(c2nsnc2OCCCCCC)C1. The van der Waals surface area contributed by atoms with Crippen LogP contribution in [-0.4, -0.2) is 109 Å². The lowest BCUT2D eigenvalue weighted by atomic mass is 10.0. The summed E-state index contributed by atoms with van der Waals surface area (Å²) in [6.07, 6.45) is 45.8. The highest BCUT2D eigenvalue weighted by Crippen LogP contribution is 2.32. The van der Waals surface area contributed by atoms with E-state index in [-0.39, 0.29) is 62.5 Å². The molecule has 0 spiro atoms. The van der Waals surface area contributed by atoms with Crippen LogP contribution >= 0.6 is 11.7 Å². The number of esters is 4. The number of unbranched alkanes of at least 4 members (excludes halogenated alkanes) is 34. The van der Waals surface area contributed by atoms with Crippen LogP contribution < -0.4 is 4.74 Å². The van der Waals surface area contributed by atoms with Crippen molar-refractivity contribution >= 4 is 47.3 Å². The van der Waals surface area contributed by atoms with Crippen LogP contribution in [0, 0.1) is 5.92 Å². The second kappa shape index (κ2) is 52.3. The zero-order chi connectivity index (χ0) is 61.0. The molecule has 1 aliphatic heterocycles. The molecule has 0 N–H and O–H groups in total. The first-order chi connectivity index (χ1) is 40.9. The van der Waals surface area contributed by atoms with Crippen LogP contribution in [-0.2, 0) is 47.6 Å². The third-order valence-corrected chi connectivity index (χ3v) is 16.9. The molecule has 0 amide bonds. The van der Waals surface area contributed by atoms with E-state index in [4.69, 9.17) is 33.2 Å². The van der Waals surface area contributed by atoms with Crippen molar-refractivity contribution in [2.75, 3.05) is 53.2 Å². The van der Waals surface area contributed by atoms with Gasteiger partial charge in [-0.05, 0) is 32.1 Å². The van der Waals surface area contributed by atoms with Crippen molar-refractivity contribution in [2.45, 2.75) is 323 Å². The predicted molar refractivity (Wildman–Crippen MR) is 339 cm³/mol. The fraction of sp³-hybridized carbons (Fsp3) is 0.868. The maximum atomic E-state index is 13.0. The average molecular weight is 1210 g/mol. The van der Waals surface area contributed by atoms with Crippen LogP contribution in [0.3, 0.4) is 0 Å². The van der Waals surface area contributed by atoms with Gasteiger partial charge < -0.3 is 33.2 Å². The van der Waals surface area contributed by atoms with Crippen LogP contribution in [0.4, 0.5) is 4.79 Å². The van der Waals surface area contributed by atoms with Crippen molar-refractivity contribution in [3.63, 3.8) is 0 Å². The van der Waals surface area contributed by atoms with Gasteiger partial charge in [-0.15, -0.1) is 4.37 Å². The Morgan fingerprint density at radius 2 is 0.893 bits per heavy atom. The Hall–Kier alpha value is -3.79. The van der Waals surface area contributed by atoms with E-state index >= 15 is 0 Å². The van der Waals surface area contributed by atoms with E-state index in [1.165, 1.54) is 141 Å². The summed E-state index contributed by atoms with van der Waals surface area (Å²) in [5, 5.41) is 0. The number of ether oxygens (including phenoxy) is 7. The molecule has 0 fully saturated rings. The topological polar surface area (TPSA) is 176 Å². The predicted octanol–water partition coefficient (Wildman–Crippen LogP) is 18.3. The quantitative estimate of drug-likeness (QED) is 0.0261. The van der Waals surface area contributed by atoms with Crippen LogP contribution in [0.15, 0.2) is 6.08 Å². The fourth-order valence-corrected chi connectivity index (χ4v) is 11.2. The molecule has 84 heavy (non-hydrogen) atoms. The van der Waals surface area contributed by atoms with Crippen LogP contribution in [0.1, 0.15) is 316 Å². The second-order valence-corrected chi connectivity index (χ2v) is 25.1. The van der Waals surface area contributed by atoms with Gasteiger partial charge in [0.2, 0.25) is 6.23 Å². The first-order valence-electron chi connectivity index (χ1n) is 34.4. The first-order valence-corrected chi connectivity index (χ1v) is 35.1. The maximum absolute atomic E-state index is 13.0. The standard InChI is InChI=1S/C68H122N3O12S/c1-7-10-13-16-18-20-22-24-26-28-32-36-40-47-62(72)79-56-61(57-80-63(73)48-41-37-33-29-27-25-23-21-19-17-14-11-8-2)83-64(74)49-42-38-34-30-31-35-39-44-51-77-65(75)53-58(4)55-81-68(76)82-59(5)71(6)50-45-46-60(54-71)66-67(70-84-69-66)78-52-43-15-12-9-3/h46,58-59,61H,7-45,47-57H2,1-6H3/q+1/t58?,59-,71?/m1/s1. The second-order valence-electron chi connectivity index (χ2n) is 24.6. The average Bonchev–Trinajstić information content (AvgIpc) is 3.30. The van der Waals surface area contributed by atoms with E-state index < -0.39 is 18.5 Å². The molecule has 1 aromatic heterocycles. The molecule has 1 aliphatic rings. The van der Waals surface area contributed by atoms with Gasteiger partial charge in [-0.25, -0.2) is 4.79 Å². The minimum absolute atomic E-state index is 0.0497. The van der Waals surface area contributed by atoms with Crippen molar-refractivity contribution in [3.8, 4) is 5.88 Å². The largest absolute Gasteiger partial charge is 0.512 e. The molecule has 0 aliphatic carbocycles. The monoisotopic (exact) mass is 1200 g/mol. The van der Waals surface area contributed by atoms with Gasteiger partial charge in [0.05, 0.1) is 51.6 Å². The molecule has 0 saturated carbocycles. The lowest BCUT2D eigenvalue weighted by Crippen LogP contribution is -2.55. The number of carbonyl (C=O) groups excluding carboxylic acids is 5. The number of hydrogen-bond acceptors (Lipinski definition) is 15. The van der Waals surface area contributed by atoms with Crippen molar-refractivity contribution < 1.29 is 61.6 Å². The number of hydrogen-bond donors (Lipinski definition) is 0. The van der Waals surface area contributed by atoms with Crippen molar-refractivity contribution in [1.82, 2.24) is 8.75 Å². The van der Waals surface area contributed by atoms with E-state index in [9.17, 15) is 24.0 Å². The van der Waals surface area contributed by atoms with Gasteiger partial charge in [0, 0.05) is 44.1 Å². The Bertz CT molecular complexity index is 1800. The maximum Gasteiger partial charge on any atom is 0.512 e. The minimum atomic E-state index is -0.832. The van der Waals surface area contributed by atoms with E-state index in [1.54, 1.807) is 0 Å². The Morgan fingerprint density at radius 3 is 1.37 bits per heavy atom. The number of likely N-dealkylation sites (N-methyl/N-ethyl adjacent to an activating group) is 1. The highest BCUT2D eigenvalue weighted by molar-refractivity contribution is 6.99. The summed E-state index contributed by atoms with van der Waals surface area (Å²) in [7, 11) is 2.06. The summed E-state index contributed by atoms with van der Waals surface area (Å²) in [5.74, 6) is -0.966. The summed E-state index contributed by atoms with van der Waals surface area (Å²) in [6.45, 7) is 12.6. The molecular weight excluding hydrogens is 1080 g/mol. The van der Waals surface area contributed by atoms with E-state index in [1.807, 2.05) is 13.8 Å². The molecule has 2 heterocycles. The smallest absolute Gasteiger partial charge is 0.475 e. The number of quaternary nitrogens is 1. The molecule has 3 atom stereocenters. The van der Waals surface area contributed by atoms with Gasteiger partial charge in [-0.1, -0.05) is 246 Å².